The van der Waals surface area contributed by atoms with Crippen molar-refractivity contribution in [2.24, 2.45) is 11.8 Å². The summed E-state index contributed by atoms with van der Waals surface area (Å²) in [6.07, 6.45) is 8.49. The maximum absolute atomic E-state index is 13.9. The number of carbonyl (C=O) groups is 2. The topological polar surface area (TPSA) is 64.7 Å². The zero-order valence-corrected chi connectivity index (χ0v) is 20.5. The highest BCUT2D eigenvalue weighted by Crippen LogP contribution is 2.34. The van der Waals surface area contributed by atoms with Gasteiger partial charge in [0.1, 0.15) is 6.04 Å². The maximum atomic E-state index is 13.9. The highest BCUT2D eigenvalue weighted by molar-refractivity contribution is 5.90. The summed E-state index contributed by atoms with van der Waals surface area (Å²) in [5.74, 6) is 0.960. The SMILES string of the molecule is CC[C@H](NC)C(=O)N[C@H](C(=O)N1CCC2CN(CCc3ccccc3)CC21)C1CCCCC1. The van der Waals surface area contributed by atoms with Crippen molar-refractivity contribution in [1.29, 1.82) is 0 Å². The van der Waals surface area contributed by atoms with Gasteiger partial charge in [0, 0.05) is 32.2 Å². The molecule has 2 N–H and O–H groups in total. The van der Waals surface area contributed by atoms with E-state index < -0.39 is 0 Å². The van der Waals surface area contributed by atoms with Crippen molar-refractivity contribution >= 4 is 11.8 Å². The van der Waals surface area contributed by atoms with Gasteiger partial charge in [-0.3, -0.25) is 9.59 Å². The quantitative estimate of drug-likeness (QED) is 0.602. The first-order valence-corrected chi connectivity index (χ1v) is 13.1. The molecule has 3 fully saturated rings. The van der Waals surface area contributed by atoms with E-state index in [1.807, 2.05) is 14.0 Å². The van der Waals surface area contributed by atoms with Gasteiger partial charge in [-0.25, -0.2) is 0 Å². The average molecular weight is 455 g/mol. The summed E-state index contributed by atoms with van der Waals surface area (Å²) in [5, 5.41) is 6.29. The number of rotatable bonds is 9. The van der Waals surface area contributed by atoms with Crippen molar-refractivity contribution in [2.75, 3.05) is 33.2 Å². The molecule has 33 heavy (non-hydrogen) atoms. The molecule has 0 bridgehead atoms. The van der Waals surface area contributed by atoms with Gasteiger partial charge in [0.05, 0.1) is 6.04 Å². The highest BCUT2D eigenvalue weighted by atomic mass is 16.2. The third kappa shape index (κ3) is 5.78. The second-order valence-electron chi connectivity index (χ2n) is 10.3. The number of hydrogen-bond acceptors (Lipinski definition) is 4. The molecule has 0 aromatic heterocycles. The van der Waals surface area contributed by atoms with Crippen LogP contribution in [0.25, 0.3) is 0 Å². The predicted octanol–water partition coefficient (Wildman–Crippen LogP) is 2.82. The fourth-order valence-electron chi connectivity index (χ4n) is 6.24. The minimum atomic E-state index is -0.377. The molecule has 4 rings (SSSR count). The van der Waals surface area contributed by atoms with Gasteiger partial charge < -0.3 is 20.4 Å². The molecule has 0 radical (unpaired) electrons. The largest absolute Gasteiger partial charge is 0.343 e. The molecular formula is C27H42N4O2. The molecule has 6 heteroatoms. The molecule has 6 nitrogen and oxygen atoms in total. The number of carbonyl (C=O) groups excluding carboxylic acids is 2. The minimum Gasteiger partial charge on any atom is -0.343 e. The van der Waals surface area contributed by atoms with Gasteiger partial charge in [-0.2, -0.15) is 0 Å². The Hall–Kier alpha value is -1.92. The van der Waals surface area contributed by atoms with E-state index in [-0.39, 0.29) is 29.8 Å². The van der Waals surface area contributed by atoms with Gasteiger partial charge in [0.15, 0.2) is 0 Å². The molecule has 2 amide bonds. The molecule has 2 heterocycles. The number of fused-ring (bicyclic) bond motifs is 1. The van der Waals surface area contributed by atoms with Crippen LogP contribution in [-0.2, 0) is 16.0 Å². The first-order valence-electron chi connectivity index (χ1n) is 13.1. The molecule has 4 atom stereocenters. The standard InChI is InChI=1S/C27H42N4O2/c1-3-23(28-2)26(32)29-25(21-12-8-5-9-13-21)27(33)31-17-15-22-18-30(19-24(22)31)16-14-20-10-6-4-7-11-20/h4,6-7,10-11,21-25,28H,3,5,8-9,12-19H2,1-2H3,(H,29,32)/t22?,23-,24?,25-/m0/s1. The van der Waals surface area contributed by atoms with E-state index in [0.29, 0.717) is 12.0 Å². The summed E-state index contributed by atoms with van der Waals surface area (Å²) in [6.45, 7) is 5.93. The first kappa shape index (κ1) is 24.2. The number of hydrogen-bond donors (Lipinski definition) is 2. The summed E-state index contributed by atoms with van der Waals surface area (Å²) in [6, 6.07) is 10.3. The van der Waals surface area contributed by atoms with Gasteiger partial charge in [-0.15, -0.1) is 0 Å². The molecule has 0 spiro atoms. The Morgan fingerprint density at radius 3 is 2.52 bits per heavy atom. The lowest BCUT2D eigenvalue weighted by molar-refractivity contribution is -0.139. The molecule has 2 aliphatic heterocycles. The van der Waals surface area contributed by atoms with Crippen molar-refractivity contribution in [1.82, 2.24) is 20.4 Å². The monoisotopic (exact) mass is 454 g/mol. The molecule has 1 aliphatic carbocycles. The van der Waals surface area contributed by atoms with E-state index in [0.717, 1.165) is 71.1 Å². The van der Waals surface area contributed by atoms with E-state index in [2.05, 4.69) is 50.8 Å². The molecule has 1 aromatic rings. The van der Waals surface area contributed by atoms with Crippen molar-refractivity contribution < 1.29 is 9.59 Å². The summed E-state index contributed by atoms with van der Waals surface area (Å²) in [4.78, 5) is 31.5. The van der Waals surface area contributed by atoms with Crippen LogP contribution >= 0.6 is 0 Å². The second-order valence-corrected chi connectivity index (χ2v) is 10.3. The molecular weight excluding hydrogens is 412 g/mol. The fraction of sp³-hybridized carbons (Fsp3) is 0.704. The molecule has 2 unspecified atom stereocenters. The number of amides is 2. The number of nitrogens with zero attached hydrogens (tertiary/aromatic N) is 2. The van der Waals surface area contributed by atoms with E-state index in [1.165, 1.54) is 12.0 Å². The zero-order valence-electron chi connectivity index (χ0n) is 20.5. The summed E-state index contributed by atoms with van der Waals surface area (Å²) in [7, 11) is 1.82. The van der Waals surface area contributed by atoms with Gasteiger partial charge in [0.25, 0.3) is 0 Å². The van der Waals surface area contributed by atoms with Crippen LogP contribution in [0.5, 0.6) is 0 Å². The average Bonchev–Trinajstić information content (AvgIpc) is 3.43. The van der Waals surface area contributed by atoms with Crippen LogP contribution in [0.4, 0.5) is 0 Å². The van der Waals surface area contributed by atoms with Crippen LogP contribution in [0.3, 0.4) is 0 Å². The molecule has 1 aromatic carbocycles. The van der Waals surface area contributed by atoms with E-state index >= 15 is 0 Å². The van der Waals surface area contributed by atoms with Crippen molar-refractivity contribution in [3.8, 4) is 0 Å². The predicted molar refractivity (Wildman–Crippen MR) is 132 cm³/mol. The molecule has 3 aliphatic rings. The molecule has 1 saturated carbocycles. The normalized spacial score (nSPS) is 25.6. The zero-order chi connectivity index (χ0) is 23.2. The summed E-state index contributed by atoms with van der Waals surface area (Å²) >= 11 is 0. The number of likely N-dealkylation sites (tertiary alicyclic amines) is 2. The van der Waals surface area contributed by atoms with Gasteiger partial charge in [0.2, 0.25) is 11.8 Å². The summed E-state index contributed by atoms with van der Waals surface area (Å²) in [5.41, 5.74) is 1.37. The third-order valence-electron chi connectivity index (χ3n) is 8.22. The Bertz CT molecular complexity index is 776. The fourth-order valence-corrected chi connectivity index (χ4v) is 6.24. The van der Waals surface area contributed by atoms with Crippen molar-refractivity contribution in [2.45, 2.75) is 76.4 Å². The van der Waals surface area contributed by atoms with Crippen LogP contribution < -0.4 is 10.6 Å². The lowest BCUT2D eigenvalue weighted by Crippen LogP contribution is -2.57. The van der Waals surface area contributed by atoms with Crippen LogP contribution in [0.1, 0.15) is 57.4 Å². The smallest absolute Gasteiger partial charge is 0.245 e. The minimum absolute atomic E-state index is 0.0319. The van der Waals surface area contributed by atoms with E-state index in [1.54, 1.807) is 0 Å². The Kier molecular flexibility index (Phi) is 8.42. The van der Waals surface area contributed by atoms with E-state index in [9.17, 15) is 9.59 Å². The first-order chi connectivity index (χ1) is 16.1. The lowest BCUT2D eigenvalue weighted by atomic mass is 9.83. The Morgan fingerprint density at radius 2 is 1.82 bits per heavy atom. The van der Waals surface area contributed by atoms with Crippen LogP contribution in [0.2, 0.25) is 0 Å². The van der Waals surface area contributed by atoms with Crippen LogP contribution in [0, 0.1) is 11.8 Å². The van der Waals surface area contributed by atoms with Crippen LogP contribution in [0.15, 0.2) is 30.3 Å². The van der Waals surface area contributed by atoms with Crippen LogP contribution in [-0.4, -0.2) is 73.0 Å². The van der Waals surface area contributed by atoms with Crippen molar-refractivity contribution in [3.63, 3.8) is 0 Å². The number of likely N-dealkylation sites (N-methyl/N-ethyl adjacent to an activating group) is 1. The molecule has 2 saturated heterocycles. The van der Waals surface area contributed by atoms with Gasteiger partial charge in [-0.05, 0) is 56.6 Å². The Balaban J connectivity index is 1.40. The lowest BCUT2D eigenvalue weighted by Gasteiger charge is -2.35. The van der Waals surface area contributed by atoms with Gasteiger partial charge >= 0.3 is 0 Å². The highest BCUT2D eigenvalue weighted by Gasteiger charge is 2.46. The van der Waals surface area contributed by atoms with Crippen molar-refractivity contribution in [3.05, 3.63) is 35.9 Å². The number of benzene rings is 1. The van der Waals surface area contributed by atoms with E-state index in [4.69, 9.17) is 0 Å². The maximum Gasteiger partial charge on any atom is 0.245 e. The summed E-state index contributed by atoms with van der Waals surface area (Å²) < 4.78 is 0. The second kappa shape index (κ2) is 11.5. The number of nitrogens with one attached hydrogen (secondary N) is 2. The third-order valence-corrected chi connectivity index (χ3v) is 8.22. The molecule has 182 valence electrons. The Morgan fingerprint density at radius 1 is 1.06 bits per heavy atom. The Labute approximate surface area is 199 Å². The van der Waals surface area contributed by atoms with Gasteiger partial charge in [-0.1, -0.05) is 56.5 Å².